The van der Waals surface area contributed by atoms with E-state index in [4.69, 9.17) is 0 Å². The van der Waals surface area contributed by atoms with Crippen LogP contribution in [0, 0.1) is 20.8 Å². The number of esters is 1. The lowest BCUT2D eigenvalue weighted by Gasteiger charge is -2.18. The third-order valence-electron chi connectivity index (χ3n) is 4.44. The maximum atomic E-state index is 12.5. The minimum Gasteiger partial charge on any atom is -0.465 e. The molecular formula is C20H25NO4S. The monoisotopic (exact) mass is 375 g/mol. The molecule has 26 heavy (non-hydrogen) atoms. The van der Waals surface area contributed by atoms with E-state index in [9.17, 15) is 13.2 Å². The van der Waals surface area contributed by atoms with Crippen LogP contribution in [-0.2, 0) is 20.5 Å². The Morgan fingerprint density at radius 2 is 1.62 bits per heavy atom. The van der Waals surface area contributed by atoms with Crippen LogP contribution in [0.25, 0.3) is 0 Å². The van der Waals surface area contributed by atoms with Gasteiger partial charge < -0.3 is 4.74 Å². The first-order chi connectivity index (χ1) is 12.1. The Labute approximate surface area is 155 Å². The van der Waals surface area contributed by atoms with Crippen molar-refractivity contribution in [3.8, 4) is 0 Å². The van der Waals surface area contributed by atoms with Crippen molar-refractivity contribution in [3.05, 3.63) is 69.8 Å². The maximum Gasteiger partial charge on any atom is 0.337 e. The number of nitrogens with one attached hydrogen (secondary N) is 1. The van der Waals surface area contributed by atoms with Gasteiger partial charge in [-0.25, -0.2) is 17.9 Å². The fourth-order valence-electron chi connectivity index (χ4n) is 2.90. The Kier molecular flexibility index (Phi) is 6.21. The molecule has 0 unspecified atom stereocenters. The topological polar surface area (TPSA) is 72.5 Å². The third-order valence-corrected chi connectivity index (χ3v) is 5.86. The van der Waals surface area contributed by atoms with Crippen LogP contribution in [0.4, 0.5) is 0 Å². The van der Waals surface area contributed by atoms with Crippen molar-refractivity contribution in [2.24, 2.45) is 0 Å². The van der Waals surface area contributed by atoms with Crippen LogP contribution < -0.4 is 4.72 Å². The molecule has 140 valence electrons. The summed E-state index contributed by atoms with van der Waals surface area (Å²) in [7, 11) is -2.22. The average molecular weight is 375 g/mol. The summed E-state index contributed by atoms with van der Waals surface area (Å²) < 4.78 is 32.4. The van der Waals surface area contributed by atoms with Crippen LogP contribution in [0.5, 0.6) is 0 Å². The molecule has 6 heteroatoms. The molecule has 0 aliphatic rings. The van der Waals surface area contributed by atoms with Crippen molar-refractivity contribution in [3.63, 3.8) is 0 Å². The van der Waals surface area contributed by atoms with E-state index < -0.39 is 16.0 Å². The lowest BCUT2D eigenvalue weighted by atomic mass is 9.97. The highest BCUT2D eigenvalue weighted by Gasteiger charge is 2.18. The largest absolute Gasteiger partial charge is 0.465 e. The molecular weight excluding hydrogens is 350 g/mol. The van der Waals surface area contributed by atoms with E-state index in [0.29, 0.717) is 11.1 Å². The number of ether oxygens (including phenoxy) is 1. The zero-order chi connectivity index (χ0) is 19.5. The second-order valence-electron chi connectivity index (χ2n) is 6.58. The minimum absolute atomic E-state index is 0.150. The number of carbonyl (C=O) groups excluding carboxylic acids is 1. The molecule has 2 rings (SSSR count). The molecule has 5 nitrogen and oxygen atoms in total. The van der Waals surface area contributed by atoms with Crippen LogP contribution in [0.15, 0.2) is 36.4 Å². The predicted molar refractivity (Wildman–Crippen MR) is 103 cm³/mol. The molecule has 0 aliphatic heterocycles. The van der Waals surface area contributed by atoms with Gasteiger partial charge in [0.25, 0.3) is 0 Å². The smallest absolute Gasteiger partial charge is 0.337 e. The van der Waals surface area contributed by atoms with Crippen molar-refractivity contribution >= 4 is 16.0 Å². The Balaban J connectivity index is 2.13. The summed E-state index contributed by atoms with van der Waals surface area (Å²) in [6.45, 7) is 7.88. The molecule has 0 heterocycles. The molecule has 0 amide bonds. The summed E-state index contributed by atoms with van der Waals surface area (Å²) in [6, 6.07) is 10.1. The highest BCUT2D eigenvalue weighted by atomic mass is 32.2. The molecule has 0 spiro atoms. The van der Waals surface area contributed by atoms with E-state index in [1.54, 1.807) is 24.3 Å². The first kappa shape index (κ1) is 20.1. The summed E-state index contributed by atoms with van der Waals surface area (Å²) in [5, 5.41) is 0. The van der Waals surface area contributed by atoms with Crippen molar-refractivity contribution in [2.45, 2.75) is 39.5 Å². The van der Waals surface area contributed by atoms with Crippen molar-refractivity contribution in [1.82, 2.24) is 4.72 Å². The van der Waals surface area contributed by atoms with Gasteiger partial charge in [0.15, 0.2) is 0 Å². The Morgan fingerprint density at radius 1 is 1.04 bits per heavy atom. The first-order valence-corrected chi connectivity index (χ1v) is 10.0. The van der Waals surface area contributed by atoms with Gasteiger partial charge >= 0.3 is 5.97 Å². The molecule has 0 aromatic heterocycles. The molecule has 0 aliphatic carbocycles. The second kappa shape index (κ2) is 8.01. The first-order valence-electron chi connectivity index (χ1n) is 8.38. The number of rotatable bonds is 6. The minimum atomic E-state index is -3.53. The van der Waals surface area contributed by atoms with Gasteiger partial charge in [0.05, 0.1) is 18.4 Å². The highest BCUT2D eigenvalue weighted by molar-refractivity contribution is 7.88. The molecule has 0 radical (unpaired) electrons. The van der Waals surface area contributed by atoms with E-state index in [2.05, 4.69) is 15.5 Å². The average Bonchev–Trinajstić information content (AvgIpc) is 2.57. The normalized spacial score (nSPS) is 12.7. The van der Waals surface area contributed by atoms with E-state index in [-0.39, 0.29) is 11.8 Å². The molecule has 0 saturated heterocycles. The Hall–Kier alpha value is -2.18. The SMILES string of the molecule is COC(=O)c1ccc(CS(=O)(=O)N[C@H](C)c2cc(C)c(C)cc2C)cc1. The number of benzene rings is 2. The number of sulfonamides is 1. The number of hydrogen-bond acceptors (Lipinski definition) is 4. The zero-order valence-corrected chi connectivity index (χ0v) is 16.6. The van der Waals surface area contributed by atoms with Gasteiger partial charge in [-0.2, -0.15) is 0 Å². The summed E-state index contributed by atoms with van der Waals surface area (Å²) in [5.41, 5.74) is 5.35. The van der Waals surface area contributed by atoms with Gasteiger partial charge in [-0.3, -0.25) is 0 Å². The van der Waals surface area contributed by atoms with Crippen LogP contribution in [-0.4, -0.2) is 21.5 Å². The summed E-state index contributed by atoms with van der Waals surface area (Å²) in [6.07, 6.45) is 0. The highest BCUT2D eigenvalue weighted by Crippen LogP contribution is 2.22. The van der Waals surface area contributed by atoms with Crippen molar-refractivity contribution in [2.75, 3.05) is 7.11 Å². The van der Waals surface area contributed by atoms with Crippen molar-refractivity contribution in [1.29, 1.82) is 0 Å². The van der Waals surface area contributed by atoms with Crippen LogP contribution in [0.3, 0.4) is 0 Å². The Morgan fingerprint density at radius 3 is 2.19 bits per heavy atom. The number of methoxy groups -OCH3 is 1. The van der Waals surface area contributed by atoms with Gasteiger partial charge in [0.1, 0.15) is 0 Å². The fraction of sp³-hybridized carbons (Fsp3) is 0.350. The molecule has 0 fully saturated rings. The van der Waals surface area contributed by atoms with Crippen LogP contribution in [0.2, 0.25) is 0 Å². The van der Waals surface area contributed by atoms with Gasteiger partial charge in [0.2, 0.25) is 10.0 Å². The summed E-state index contributed by atoms with van der Waals surface area (Å²) in [4.78, 5) is 11.4. The number of hydrogen-bond donors (Lipinski definition) is 1. The van der Waals surface area contributed by atoms with Gasteiger partial charge in [0, 0.05) is 6.04 Å². The quantitative estimate of drug-likeness (QED) is 0.783. The lowest BCUT2D eigenvalue weighted by Crippen LogP contribution is -2.28. The zero-order valence-electron chi connectivity index (χ0n) is 15.8. The predicted octanol–water partition coefficient (Wildman–Crippen LogP) is 3.58. The molecule has 2 aromatic rings. The standard InChI is InChI=1S/C20H25NO4S/c1-13-10-15(3)19(11-14(13)2)16(4)21-26(23,24)12-17-6-8-18(9-7-17)20(22)25-5/h6-11,16,21H,12H2,1-5H3/t16-/m1/s1. The molecule has 1 atom stereocenters. The number of aryl methyl sites for hydroxylation is 3. The molecule has 0 saturated carbocycles. The van der Waals surface area contributed by atoms with Gasteiger partial charge in [-0.15, -0.1) is 0 Å². The van der Waals surface area contributed by atoms with Crippen molar-refractivity contribution < 1.29 is 17.9 Å². The van der Waals surface area contributed by atoms with Gasteiger partial charge in [-0.1, -0.05) is 24.3 Å². The number of carbonyl (C=O) groups is 1. The van der Waals surface area contributed by atoms with Gasteiger partial charge in [-0.05, 0) is 67.6 Å². The lowest BCUT2D eigenvalue weighted by molar-refractivity contribution is 0.0600. The van der Waals surface area contributed by atoms with Crippen LogP contribution in [0.1, 0.15) is 51.1 Å². The summed E-state index contributed by atoms with van der Waals surface area (Å²) >= 11 is 0. The van der Waals surface area contributed by atoms with E-state index in [1.807, 2.05) is 33.8 Å². The fourth-order valence-corrected chi connectivity index (χ4v) is 4.28. The Bertz CT molecular complexity index is 902. The van der Waals surface area contributed by atoms with E-state index in [1.165, 1.54) is 12.7 Å². The maximum absolute atomic E-state index is 12.5. The molecule has 1 N–H and O–H groups in total. The third kappa shape index (κ3) is 4.93. The second-order valence-corrected chi connectivity index (χ2v) is 8.33. The van der Waals surface area contributed by atoms with E-state index >= 15 is 0 Å². The van der Waals surface area contributed by atoms with Crippen LogP contribution >= 0.6 is 0 Å². The molecule has 0 bridgehead atoms. The summed E-state index contributed by atoms with van der Waals surface area (Å²) in [5.74, 6) is -0.598. The van der Waals surface area contributed by atoms with E-state index in [0.717, 1.165) is 16.7 Å². The molecule has 2 aromatic carbocycles.